The summed E-state index contributed by atoms with van der Waals surface area (Å²) in [5, 5.41) is 14.1. The van der Waals surface area contributed by atoms with Gasteiger partial charge in [-0.05, 0) is 13.0 Å². The monoisotopic (exact) mass is 297 g/mol. The molecule has 0 bridgehead atoms. The van der Waals surface area contributed by atoms with Gasteiger partial charge in [0.1, 0.15) is 0 Å². The van der Waals surface area contributed by atoms with Gasteiger partial charge in [0, 0.05) is 37.8 Å². The number of rotatable bonds is 2. The third-order valence-corrected chi connectivity index (χ3v) is 3.44. The van der Waals surface area contributed by atoms with Crippen LogP contribution in [0.5, 0.6) is 0 Å². The number of nitro groups is 1. The Balaban J connectivity index is 0.00000147. The van der Waals surface area contributed by atoms with Gasteiger partial charge in [-0.1, -0.05) is 0 Å². The van der Waals surface area contributed by atoms with Gasteiger partial charge in [-0.25, -0.2) is 4.98 Å². The van der Waals surface area contributed by atoms with Gasteiger partial charge in [0.05, 0.1) is 16.0 Å². The molecule has 20 heavy (non-hydrogen) atoms. The lowest BCUT2D eigenvalue weighted by atomic mass is 10.2. The number of H-pyrrole nitrogens is 1. The summed E-state index contributed by atoms with van der Waals surface area (Å²) in [6.45, 7) is 4.84. The predicted octanol–water partition coefficient (Wildman–Crippen LogP) is 1.69. The van der Waals surface area contributed by atoms with Crippen molar-refractivity contribution in [2.45, 2.75) is 13.0 Å². The average molecular weight is 298 g/mol. The average Bonchev–Trinajstić information content (AvgIpc) is 2.81. The maximum atomic E-state index is 10.8. The van der Waals surface area contributed by atoms with Crippen LogP contribution in [0.15, 0.2) is 18.2 Å². The molecule has 2 aromatic rings. The molecule has 0 aliphatic carbocycles. The molecular formula is C12H16ClN5O2. The molecule has 7 nitrogen and oxygen atoms in total. The largest absolute Gasteiger partial charge is 0.337 e. The van der Waals surface area contributed by atoms with E-state index >= 15 is 0 Å². The standard InChI is InChI=1S/C12H15N5O2.ClH/c1-8-7-13-4-5-16(8)12-14-10-3-2-9(17(18)19)6-11(10)15-12;/h2-3,6,8,13H,4-5,7H2,1H3,(H,14,15);1H. The molecule has 1 aromatic heterocycles. The highest BCUT2D eigenvalue weighted by molar-refractivity contribution is 5.85. The molecule has 0 radical (unpaired) electrons. The summed E-state index contributed by atoms with van der Waals surface area (Å²) in [4.78, 5) is 20.2. The minimum absolute atomic E-state index is 0. The van der Waals surface area contributed by atoms with Crippen LogP contribution in [0.25, 0.3) is 11.0 Å². The van der Waals surface area contributed by atoms with E-state index in [-0.39, 0.29) is 18.1 Å². The van der Waals surface area contributed by atoms with E-state index in [2.05, 4.69) is 27.1 Å². The molecular weight excluding hydrogens is 282 g/mol. The van der Waals surface area contributed by atoms with E-state index in [9.17, 15) is 10.1 Å². The third kappa shape index (κ3) is 2.54. The first-order chi connectivity index (χ1) is 9.15. The number of non-ortho nitro benzene ring substituents is 1. The lowest BCUT2D eigenvalue weighted by molar-refractivity contribution is -0.384. The van der Waals surface area contributed by atoms with Crippen molar-refractivity contribution >= 4 is 35.1 Å². The van der Waals surface area contributed by atoms with Gasteiger partial charge in [-0.15, -0.1) is 12.4 Å². The number of halogens is 1. The summed E-state index contributed by atoms with van der Waals surface area (Å²) >= 11 is 0. The Morgan fingerprint density at radius 1 is 1.50 bits per heavy atom. The van der Waals surface area contributed by atoms with Crippen LogP contribution in [0.1, 0.15) is 6.92 Å². The van der Waals surface area contributed by atoms with E-state index in [1.165, 1.54) is 12.1 Å². The highest BCUT2D eigenvalue weighted by atomic mass is 35.5. The molecule has 1 aromatic carbocycles. The molecule has 0 amide bonds. The third-order valence-electron chi connectivity index (χ3n) is 3.44. The SMILES string of the molecule is CC1CNCCN1c1nc2ccc([N+](=O)[O-])cc2[nH]1.Cl. The van der Waals surface area contributed by atoms with E-state index in [0.717, 1.165) is 31.1 Å². The van der Waals surface area contributed by atoms with E-state index in [1.54, 1.807) is 6.07 Å². The number of hydrogen-bond donors (Lipinski definition) is 2. The summed E-state index contributed by atoms with van der Waals surface area (Å²) in [6, 6.07) is 5.04. The maximum Gasteiger partial charge on any atom is 0.271 e. The van der Waals surface area contributed by atoms with Crippen LogP contribution in [0, 0.1) is 10.1 Å². The molecule has 1 aliphatic rings. The fourth-order valence-corrected chi connectivity index (χ4v) is 2.39. The van der Waals surface area contributed by atoms with Crippen LogP contribution in [-0.4, -0.2) is 40.6 Å². The highest BCUT2D eigenvalue weighted by Crippen LogP contribution is 2.23. The number of nitrogens with one attached hydrogen (secondary N) is 2. The second kappa shape index (κ2) is 5.64. The van der Waals surface area contributed by atoms with Gasteiger partial charge < -0.3 is 15.2 Å². The van der Waals surface area contributed by atoms with Gasteiger partial charge in [0.15, 0.2) is 0 Å². The topological polar surface area (TPSA) is 87.1 Å². The number of aromatic amines is 1. The number of benzene rings is 1. The number of hydrogen-bond acceptors (Lipinski definition) is 5. The van der Waals surface area contributed by atoms with Crippen LogP contribution in [0.2, 0.25) is 0 Å². The van der Waals surface area contributed by atoms with E-state index in [0.29, 0.717) is 11.6 Å². The van der Waals surface area contributed by atoms with Gasteiger partial charge in [-0.3, -0.25) is 10.1 Å². The number of nitrogens with zero attached hydrogens (tertiary/aromatic N) is 3. The number of piperazine rings is 1. The first-order valence-corrected chi connectivity index (χ1v) is 6.26. The summed E-state index contributed by atoms with van der Waals surface area (Å²) in [6.07, 6.45) is 0. The smallest absolute Gasteiger partial charge is 0.271 e. The van der Waals surface area contributed by atoms with Crippen molar-refractivity contribution in [3.8, 4) is 0 Å². The number of anilines is 1. The Morgan fingerprint density at radius 3 is 3.00 bits per heavy atom. The minimum atomic E-state index is -0.395. The lowest BCUT2D eigenvalue weighted by Gasteiger charge is -2.33. The van der Waals surface area contributed by atoms with Gasteiger partial charge >= 0.3 is 0 Å². The molecule has 3 rings (SSSR count). The number of aromatic nitrogens is 2. The molecule has 8 heteroatoms. The fraction of sp³-hybridized carbons (Fsp3) is 0.417. The zero-order valence-electron chi connectivity index (χ0n) is 11.0. The number of imidazole rings is 1. The van der Waals surface area contributed by atoms with Crippen molar-refractivity contribution in [2.24, 2.45) is 0 Å². The fourth-order valence-electron chi connectivity index (χ4n) is 2.39. The second-order valence-electron chi connectivity index (χ2n) is 4.77. The molecule has 0 saturated carbocycles. The summed E-state index contributed by atoms with van der Waals surface area (Å²) < 4.78 is 0. The van der Waals surface area contributed by atoms with Gasteiger partial charge in [0.25, 0.3) is 5.69 Å². The zero-order chi connectivity index (χ0) is 13.4. The van der Waals surface area contributed by atoms with Gasteiger partial charge in [0.2, 0.25) is 5.95 Å². The van der Waals surface area contributed by atoms with E-state index in [4.69, 9.17) is 0 Å². The number of fused-ring (bicyclic) bond motifs is 1. The van der Waals surface area contributed by atoms with Crippen LogP contribution in [-0.2, 0) is 0 Å². The summed E-state index contributed by atoms with van der Waals surface area (Å²) in [5.41, 5.74) is 1.54. The highest BCUT2D eigenvalue weighted by Gasteiger charge is 2.21. The number of nitro benzene ring substituents is 1. The lowest BCUT2D eigenvalue weighted by Crippen LogP contribution is -2.50. The quantitative estimate of drug-likeness (QED) is 0.650. The molecule has 108 valence electrons. The molecule has 1 saturated heterocycles. The van der Waals surface area contributed by atoms with E-state index in [1.807, 2.05) is 0 Å². The Hall–Kier alpha value is -1.86. The van der Waals surface area contributed by atoms with Crippen LogP contribution < -0.4 is 10.2 Å². The first kappa shape index (κ1) is 14.5. The predicted molar refractivity (Wildman–Crippen MR) is 79.7 cm³/mol. The minimum Gasteiger partial charge on any atom is -0.337 e. The summed E-state index contributed by atoms with van der Waals surface area (Å²) in [5.74, 6) is 0.782. The maximum absolute atomic E-state index is 10.8. The molecule has 2 heterocycles. The second-order valence-corrected chi connectivity index (χ2v) is 4.77. The molecule has 0 spiro atoms. The van der Waals surface area contributed by atoms with Crippen molar-refractivity contribution < 1.29 is 4.92 Å². The Labute approximate surface area is 121 Å². The molecule has 1 fully saturated rings. The first-order valence-electron chi connectivity index (χ1n) is 6.26. The van der Waals surface area contributed by atoms with E-state index < -0.39 is 4.92 Å². The Morgan fingerprint density at radius 2 is 2.30 bits per heavy atom. The molecule has 1 atom stereocenters. The van der Waals surface area contributed by atoms with Crippen molar-refractivity contribution in [2.75, 3.05) is 24.5 Å². The van der Waals surface area contributed by atoms with Crippen molar-refractivity contribution in [1.29, 1.82) is 0 Å². The summed E-state index contributed by atoms with van der Waals surface area (Å²) in [7, 11) is 0. The Kier molecular flexibility index (Phi) is 4.10. The van der Waals surface area contributed by atoms with Crippen LogP contribution in [0.4, 0.5) is 11.6 Å². The molecule has 1 aliphatic heterocycles. The normalized spacial score (nSPS) is 18.9. The van der Waals surface area contributed by atoms with Crippen LogP contribution >= 0.6 is 12.4 Å². The van der Waals surface area contributed by atoms with Crippen molar-refractivity contribution in [3.05, 3.63) is 28.3 Å². The molecule has 1 unspecified atom stereocenters. The van der Waals surface area contributed by atoms with Gasteiger partial charge in [-0.2, -0.15) is 0 Å². The molecule has 2 N–H and O–H groups in total. The van der Waals surface area contributed by atoms with Crippen LogP contribution in [0.3, 0.4) is 0 Å². The van der Waals surface area contributed by atoms with Crippen molar-refractivity contribution in [1.82, 2.24) is 15.3 Å². The zero-order valence-corrected chi connectivity index (χ0v) is 11.8. The van der Waals surface area contributed by atoms with Crippen molar-refractivity contribution in [3.63, 3.8) is 0 Å². The Bertz CT molecular complexity index is 629.